The van der Waals surface area contributed by atoms with Gasteiger partial charge in [-0.2, -0.15) is 0 Å². The first kappa shape index (κ1) is 8.81. The number of aromatic nitrogens is 1. The minimum atomic E-state index is -0.0556. The number of hydrogen-bond acceptors (Lipinski definition) is 2. The number of hydrogen-bond donors (Lipinski definition) is 2. The Bertz CT molecular complexity index is 511. The SMILES string of the molecule is Cc1cc2[nH]c(O)c(C=O)c2cc1C. The Morgan fingerprint density at radius 1 is 1.29 bits per heavy atom. The topological polar surface area (TPSA) is 53.1 Å². The summed E-state index contributed by atoms with van der Waals surface area (Å²) < 4.78 is 0. The Labute approximate surface area is 81.4 Å². The molecule has 0 fully saturated rings. The van der Waals surface area contributed by atoms with E-state index in [1.54, 1.807) is 0 Å². The molecule has 3 nitrogen and oxygen atoms in total. The van der Waals surface area contributed by atoms with E-state index >= 15 is 0 Å². The van der Waals surface area contributed by atoms with Crippen LogP contribution in [0.4, 0.5) is 0 Å². The molecule has 1 heterocycles. The van der Waals surface area contributed by atoms with Gasteiger partial charge in [-0.25, -0.2) is 0 Å². The van der Waals surface area contributed by atoms with Gasteiger partial charge in [-0.15, -0.1) is 0 Å². The third kappa shape index (κ3) is 1.09. The number of nitrogens with one attached hydrogen (secondary N) is 1. The molecular weight excluding hydrogens is 178 g/mol. The fraction of sp³-hybridized carbons (Fsp3) is 0.182. The zero-order valence-electron chi connectivity index (χ0n) is 8.09. The van der Waals surface area contributed by atoms with Crippen molar-refractivity contribution in [3.05, 3.63) is 28.8 Å². The van der Waals surface area contributed by atoms with Crippen molar-refractivity contribution in [1.29, 1.82) is 0 Å². The maximum atomic E-state index is 10.7. The van der Waals surface area contributed by atoms with E-state index in [4.69, 9.17) is 0 Å². The third-order valence-corrected chi connectivity index (χ3v) is 2.55. The molecule has 0 radical (unpaired) electrons. The van der Waals surface area contributed by atoms with Gasteiger partial charge >= 0.3 is 0 Å². The summed E-state index contributed by atoms with van der Waals surface area (Å²) in [5.41, 5.74) is 3.38. The number of carbonyl (C=O) groups is 1. The number of rotatable bonds is 1. The minimum Gasteiger partial charge on any atom is -0.494 e. The molecule has 2 aromatic rings. The van der Waals surface area contributed by atoms with Crippen LogP contribution in [-0.4, -0.2) is 16.4 Å². The molecule has 2 rings (SSSR count). The molecule has 72 valence electrons. The number of fused-ring (bicyclic) bond motifs is 1. The van der Waals surface area contributed by atoms with E-state index in [1.807, 2.05) is 26.0 Å². The Morgan fingerprint density at radius 3 is 2.57 bits per heavy atom. The van der Waals surface area contributed by atoms with E-state index in [0.29, 0.717) is 11.8 Å². The van der Waals surface area contributed by atoms with E-state index in [-0.39, 0.29) is 5.88 Å². The number of carbonyl (C=O) groups excluding carboxylic acids is 1. The number of H-pyrrole nitrogens is 1. The lowest BCUT2D eigenvalue weighted by molar-refractivity contribution is 0.112. The molecule has 0 saturated carbocycles. The van der Waals surface area contributed by atoms with Crippen LogP contribution in [0.1, 0.15) is 21.5 Å². The van der Waals surface area contributed by atoms with E-state index < -0.39 is 0 Å². The number of aromatic amines is 1. The van der Waals surface area contributed by atoms with Crippen molar-refractivity contribution >= 4 is 17.2 Å². The van der Waals surface area contributed by atoms with Crippen LogP contribution in [0.15, 0.2) is 12.1 Å². The molecule has 14 heavy (non-hydrogen) atoms. The van der Waals surface area contributed by atoms with Gasteiger partial charge in [0.2, 0.25) is 0 Å². The maximum absolute atomic E-state index is 10.7. The van der Waals surface area contributed by atoms with Gasteiger partial charge in [0.1, 0.15) is 0 Å². The molecule has 1 aromatic heterocycles. The smallest absolute Gasteiger partial charge is 0.200 e. The number of aromatic hydroxyl groups is 1. The molecule has 0 spiro atoms. The van der Waals surface area contributed by atoms with Crippen LogP contribution < -0.4 is 0 Å². The van der Waals surface area contributed by atoms with Crippen molar-refractivity contribution in [3.8, 4) is 5.88 Å². The molecule has 0 amide bonds. The number of aryl methyl sites for hydroxylation is 2. The van der Waals surface area contributed by atoms with Crippen LogP contribution in [0.5, 0.6) is 5.88 Å². The lowest BCUT2D eigenvalue weighted by Crippen LogP contribution is -1.81. The van der Waals surface area contributed by atoms with Crippen molar-refractivity contribution in [1.82, 2.24) is 4.98 Å². The normalized spacial score (nSPS) is 10.7. The minimum absolute atomic E-state index is 0.0556. The number of aldehydes is 1. The summed E-state index contributed by atoms with van der Waals surface area (Å²) in [5, 5.41) is 10.2. The second-order valence-electron chi connectivity index (χ2n) is 3.49. The van der Waals surface area contributed by atoms with Crippen LogP contribution in [0.2, 0.25) is 0 Å². The lowest BCUT2D eigenvalue weighted by atomic mass is 10.1. The molecule has 0 aliphatic rings. The first-order valence-corrected chi connectivity index (χ1v) is 4.40. The van der Waals surface area contributed by atoms with Crippen molar-refractivity contribution < 1.29 is 9.90 Å². The summed E-state index contributed by atoms with van der Waals surface area (Å²) in [6.45, 7) is 3.97. The molecule has 0 saturated heterocycles. The molecular formula is C11H11NO2. The summed E-state index contributed by atoms with van der Waals surface area (Å²) in [6.07, 6.45) is 0.670. The molecule has 0 aliphatic carbocycles. The second kappa shape index (κ2) is 2.87. The van der Waals surface area contributed by atoms with Crippen molar-refractivity contribution in [2.24, 2.45) is 0 Å². The fourth-order valence-corrected chi connectivity index (χ4v) is 1.58. The molecule has 0 aliphatic heterocycles. The van der Waals surface area contributed by atoms with E-state index in [0.717, 1.165) is 22.0 Å². The summed E-state index contributed by atoms with van der Waals surface area (Å²) in [5.74, 6) is -0.0556. The van der Waals surface area contributed by atoms with Gasteiger partial charge in [-0.3, -0.25) is 4.79 Å². The standard InChI is InChI=1S/C11H11NO2/c1-6-3-8-9(5-13)11(14)12-10(8)4-7(6)2/h3-5,12,14H,1-2H3. The first-order valence-electron chi connectivity index (χ1n) is 4.40. The Kier molecular flexibility index (Phi) is 1.81. The second-order valence-corrected chi connectivity index (χ2v) is 3.49. The fourth-order valence-electron chi connectivity index (χ4n) is 1.58. The van der Waals surface area contributed by atoms with E-state index in [9.17, 15) is 9.90 Å². The highest BCUT2D eigenvalue weighted by Gasteiger charge is 2.10. The predicted molar refractivity (Wildman–Crippen MR) is 54.8 cm³/mol. The van der Waals surface area contributed by atoms with Crippen LogP contribution in [0.25, 0.3) is 10.9 Å². The van der Waals surface area contributed by atoms with Crippen molar-refractivity contribution in [2.75, 3.05) is 0 Å². The summed E-state index contributed by atoms with van der Waals surface area (Å²) in [7, 11) is 0. The summed E-state index contributed by atoms with van der Waals surface area (Å²) in [4.78, 5) is 13.5. The van der Waals surface area contributed by atoms with Gasteiger partial charge < -0.3 is 10.1 Å². The molecule has 0 bridgehead atoms. The van der Waals surface area contributed by atoms with Gasteiger partial charge in [-0.1, -0.05) is 0 Å². The van der Waals surface area contributed by atoms with Gasteiger partial charge in [0.05, 0.1) is 5.56 Å². The third-order valence-electron chi connectivity index (χ3n) is 2.55. The molecule has 0 unspecified atom stereocenters. The van der Waals surface area contributed by atoms with E-state index in [1.165, 1.54) is 0 Å². The average Bonchev–Trinajstić information content (AvgIpc) is 2.42. The molecule has 3 heteroatoms. The van der Waals surface area contributed by atoms with Gasteiger partial charge in [0.15, 0.2) is 12.2 Å². The van der Waals surface area contributed by atoms with Crippen LogP contribution in [-0.2, 0) is 0 Å². The Balaban J connectivity index is 2.89. The highest BCUT2D eigenvalue weighted by Crippen LogP contribution is 2.27. The van der Waals surface area contributed by atoms with Gasteiger partial charge in [-0.05, 0) is 37.1 Å². The zero-order valence-corrected chi connectivity index (χ0v) is 8.09. The lowest BCUT2D eigenvalue weighted by Gasteiger charge is -1.99. The average molecular weight is 189 g/mol. The molecule has 2 N–H and O–H groups in total. The van der Waals surface area contributed by atoms with Crippen LogP contribution in [0, 0.1) is 13.8 Å². The largest absolute Gasteiger partial charge is 0.494 e. The monoisotopic (exact) mass is 189 g/mol. The zero-order chi connectivity index (χ0) is 10.3. The summed E-state index contributed by atoms with van der Waals surface area (Å²) >= 11 is 0. The highest BCUT2D eigenvalue weighted by molar-refractivity contribution is 6.00. The summed E-state index contributed by atoms with van der Waals surface area (Å²) in [6, 6.07) is 3.84. The quantitative estimate of drug-likeness (QED) is 0.676. The Hall–Kier alpha value is -1.77. The van der Waals surface area contributed by atoms with Gasteiger partial charge in [0, 0.05) is 10.9 Å². The van der Waals surface area contributed by atoms with Crippen LogP contribution in [0.3, 0.4) is 0 Å². The maximum Gasteiger partial charge on any atom is 0.200 e. The molecule has 1 aromatic carbocycles. The van der Waals surface area contributed by atoms with E-state index in [2.05, 4.69) is 4.98 Å². The van der Waals surface area contributed by atoms with Crippen molar-refractivity contribution in [3.63, 3.8) is 0 Å². The first-order chi connectivity index (χ1) is 6.63. The molecule has 0 atom stereocenters. The highest BCUT2D eigenvalue weighted by atomic mass is 16.3. The predicted octanol–water partition coefficient (Wildman–Crippen LogP) is 2.30. The number of benzene rings is 1. The van der Waals surface area contributed by atoms with Crippen LogP contribution >= 0.6 is 0 Å². The van der Waals surface area contributed by atoms with Crippen molar-refractivity contribution in [2.45, 2.75) is 13.8 Å². The Morgan fingerprint density at radius 2 is 1.93 bits per heavy atom. The van der Waals surface area contributed by atoms with Gasteiger partial charge in [0.25, 0.3) is 0 Å².